The third-order valence-corrected chi connectivity index (χ3v) is 6.28. The Bertz CT molecular complexity index is 837. The van der Waals surface area contributed by atoms with Gasteiger partial charge < -0.3 is 15.0 Å². The van der Waals surface area contributed by atoms with E-state index in [1.807, 2.05) is 38.1 Å². The number of benzene rings is 2. The van der Waals surface area contributed by atoms with E-state index in [0.29, 0.717) is 12.3 Å². The van der Waals surface area contributed by atoms with Crippen molar-refractivity contribution in [1.82, 2.24) is 10.2 Å². The Balaban J connectivity index is 2.07. The summed E-state index contributed by atoms with van der Waals surface area (Å²) < 4.78 is 5.22. The van der Waals surface area contributed by atoms with Crippen molar-refractivity contribution in [2.75, 3.05) is 12.9 Å². The number of nitrogens with zero attached hydrogens (tertiary/aromatic N) is 1. The number of carbonyl (C=O) groups is 2. The van der Waals surface area contributed by atoms with Gasteiger partial charge in [-0.05, 0) is 50.5 Å². The molecule has 2 unspecified atom stereocenters. The van der Waals surface area contributed by atoms with Gasteiger partial charge in [-0.25, -0.2) is 0 Å². The molecule has 31 heavy (non-hydrogen) atoms. The summed E-state index contributed by atoms with van der Waals surface area (Å²) in [5, 5.41) is 3.00. The van der Waals surface area contributed by atoms with Crippen LogP contribution >= 0.6 is 11.8 Å². The van der Waals surface area contributed by atoms with Gasteiger partial charge >= 0.3 is 0 Å². The normalized spacial score (nSPS) is 12.7. The van der Waals surface area contributed by atoms with Gasteiger partial charge in [-0.2, -0.15) is 0 Å². The standard InChI is InChI=1S/C25H34N2O3S/c1-6-19(3)26-25(29)20(4)27(15-21-11-13-23(30-5)14-12-21)24(28)17-31-16-22-9-7-18(2)8-10-22/h7-14,19-20H,6,15-17H2,1-5H3,(H,26,29). The summed E-state index contributed by atoms with van der Waals surface area (Å²) in [7, 11) is 1.62. The summed E-state index contributed by atoms with van der Waals surface area (Å²) in [5.41, 5.74) is 3.37. The highest BCUT2D eigenvalue weighted by atomic mass is 32.2. The zero-order chi connectivity index (χ0) is 22.8. The van der Waals surface area contributed by atoms with Crippen molar-refractivity contribution in [3.05, 3.63) is 65.2 Å². The summed E-state index contributed by atoms with van der Waals surface area (Å²) in [4.78, 5) is 27.5. The number of ether oxygens (including phenoxy) is 1. The minimum atomic E-state index is -0.552. The fraction of sp³-hybridized carbons (Fsp3) is 0.440. The van der Waals surface area contributed by atoms with Gasteiger partial charge in [-0.15, -0.1) is 11.8 Å². The van der Waals surface area contributed by atoms with E-state index in [1.54, 1.807) is 30.7 Å². The smallest absolute Gasteiger partial charge is 0.242 e. The van der Waals surface area contributed by atoms with Crippen molar-refractivity contribution in [1.29, 1.82) is 0 Å². The van der Waals surface area contributed by atoms with Crippen molar-refractivity contribution in [2.24, 2.45) is 0 Å². The number of rotatable bonds is 11. The summed E-state index contributed by atoms with van der Waals surface area (Å²) in [5.74, 6) is 1.68. The number of methoxy groups -OCH3 is 1. The highest BCUT2D eigenvalue weighted by Crippen LogP contribution is 2.18. The fourth-order valence-electron chi connectivity index (χ4n) is 3.00. The molecule has 0 saturated carbocycles. The number of amides is 2. The molecule has 1 N–H and O–H groups in total. The molecule has 0 fully saturated rings. The van der Waals surface area contributed by atoms with Gasteiger partial charge in [-0.1, -0.05) is 48.9 Å². The van der Waals surface area contributed by atoms with Crippen LogP contribution in [-0.4, -0.2) is 41.7 Å². The van der Waals surface area contributed by atoms with Crippen molar-refractivity contribution in [3.8, 4) is 5.75 Å². The molecule has 2 aromatic rings. The van der Waals surface area contributed by atoms with Crippen LogP contribution in [0.2, 0.25) is 0 Å². The average Bonchev–Trinajstić information content (AvgIpc) is 2.78. The molecule has 168 valence electrons. The van der Waals surface area contributed by atoms with Gasteiger partial charge in [0.1, 0.15) is 11.8 Å². The third-order valence-electron chi connectivity index (χ3n) is 5.30. The van der Waals surface area contributed by atoms with E-state index in [1.165, 1.54) is 11.1 Å². The molecule has 2 aromatic carbocycles. The first kappa shape index (κ1) is 24.8. The van der Waals surface area contributed by atoms with Crippen LogP contribution in [0.5, 0.6) is 5.75 Å². The van der Waals surface area contributed by atoms with E-state index in [4.69, 9.17) is 4.74 Å². The maximum atomic E-state index is 13.1. The molecular weight excluding hydrogens is 408 g/mol. The number of hydrogen-bond acceptors (Lipinski definition) is 4. The highest BCUT2D eigenvalue weighted by molar-refractivity contribution is 7.99. The van der Waals surface area contributed by atoms with Crippen LogP contribution in [0, 0.1) is 6.92 Å². The maximum Gasteiger partial charge on any atom is 0.242 e. The maximum absolute atomic E-state index is 13.1. The lowest BCUT2D eigenvalue weighted by Gasteiger charge is -2.29. The summed E-state index contributed by atoms with van der Waals surface area (Å²) in [6.45, 7) is 8.23. The van der Waals surface area contributed by atoms with Crippen LogP contribution in [0.25, 0.3) is 0 Å². The number of hydrogen-bond donors (Lipinski definition) is 1. The molecule has 0 aliphatic carbocycles. The first-order valence-corrected chi connectivity index (χ1v) is 11.9. The monoisotopic (exact) mass is 442 g/mol. The van der Waals surface area contributed by atoms with Crippen molar-refractivity contribution < 1.29 is 14.3 Å². The Hall–Kier alpha value is -2.47. The molecule has 0 bridgehead atoms. The summed E-state index contributed by atoms with van der Waals surface area (Å²) >= 11 is 1.57. The lowest BCUT2D eigenvalue weighted by Crippen LogP contribution is -2.50. The fourth-order valence-corrected chi connectivity index (χ4v) is 3.87. The SMILES string of the molecule is CCC(C)NC(=O)C(C)N(Cc1ccc(OC)cc1)C(=O)CSCc1ccc(C)cc1. The average molecular weight is 443 g/mol. The predicted octanol–water partition coefficient (Wildman–Crippen LogP) is 4.57. The van der Waals surface area contributed by atoms with Gasteiger partial charge in [0.05, 0.1) is 12.9 Å². The molecule has 0 saturated heterocycles. The Kier molecular flexibility index (Phi) is 9.92. The molecule has 0 heterocycles. The van der Waals surface area contributed by atoms with Gasteiger partial charge in [0.25, 0.3) is 0 Å². The molecule has 0 aromatic heterocycles. The second-order valence-electron chi connectivity index (χ2n) is 7.84. The van der Waals surface area contributed by atoms with E-state index >= 15 is 0 Å². The number of carbonyl (C=O) groups excluding carboxylic acids is 2. The zero-order valence-electron chi connectivity index (χ0n) is 19.2. The van der Waals surface area contributed by atoms with E-state index < -0.39 is 6.04 Å². The Morgan fingerprint density at radius 2 is 1.65 bits per heavy atom. The lowest BCUT2D eigenvalue weighted by atomic mass is 10.1. The molecule has 6 heteroatoms. The van der Waals surface area contributed by atoms with Crippen LogP contribution in [0.3, 0.4) is 0 Å². The number of nitrogens with one attached hydrogen (secondary N) is 1. The van der Waals surface area contributed by atoms with Gasteiger partial charge in [0, 0.05) is 18.3 Å². The summed E-state index contributed by atoms with van der Waals surface area (Å²) in [6.07, 6.45) is 0.845. The van der Waals surface area contributed by atoms with Crippen LogP contribution in [-0.2, 0) is 21.9 Å². The third kappa shape index (κ3) is 7.94. The quantitative estimate of drug-likeness (QED) is 0.554. The minimum Gasteiger partial charge on any atom is -0.497 e. The molecule has 0 aliphatic heterocycles. The highest BCUT2D eigenvalue weighted by Gasteiger charge is 2.26. The predicted molar refractivity (Wildman–Crippen MR) is 128 cm³/mol. The lowest BCUT2D eigenvalue weighted by molar-refractivity contribution is -0.138. The first-order valence-electron chi connectivity index (χ1n) is 10.7. The molecule has 2 amide bonds. The topological polar surface area (TPSA) is 58.6 Å². The van der Waals surface area contributed by atoms with Crippen LogP contribution < -0.4 is 10.1 Å². The summed E-state index contributed by atoms with van der Waals surface area (Å²) in [6, 6.07) is 15.4. The zero-order valence-corrected chi connectivity index (χ0v) is 20.0. The van der Waals surface area contributed by atoms with Gasteiger partial charge in [0.2, 0.25) is 11.8 Å². The molecule has 2 rings (SSSR count). The first-order chi connectivity index (χ1) is 14.8. The van der Waals surface area contributed by atoms with Gasteiger partial charge in [0.15, 0.2) is 0 Å². The van der Waals surface area contributed by atoms with Crippen molar-refractivity contribution >= 4 is 23.6 Å². The Labute approximate surface area is 190 Å². The minimum absolute atomic E-state index is 0.0419. The van der Waals surface area contributed by atoms with Crippen LogP contribution in [0.1, 0.15) is 43.9 Å². The molecule has 5 nitrogen and oxygen atoms in total. The van der Waals surface area contributed by atoms with Gasteiger partial charge in [-0.3, -0.25) is 9.59 Å². The van der Waals surface area contributed by atoms with E-state index in [-0.39, 0.29) is 17.9 Å². The molecule has 2 atom stereocenters. The van der Waals surface area contributed by atoms with Crippen molar-refractivity contribution in [2.45, 2.75) is 58.5 Å². The Morgan fingerprint density at radius 1 is 1.03 bits per heavy atom. The molecule has 0 radical (unpaired) electrons. The number of thioether (sulfide) groups is 1. The second kappa shape index (κ2) is 12.4. The second-order valence-corrected chi connectivity index (χ2v) is 8.83. The Morgan fingerprint density at radius 3 is 2.23 bits per heavy atom. The van der Waals surface area contributed by atoms with Crippen LogP contribution in [0.4, 0.5) is 0 Å². The number of aryl methyl sites for hydroxylation is 1. The molecule has 0 aliphatic rings. The van der Waals surface area contributed by atoms with E-state index in [0.717, 1.165) is 23.5 Å². The van der Waals surface area contributed by atoms with E-state index in [2.05, 4.69) is 36.5 Å². The molecule has 0 spiro atoms. The van der Waals surface area contributed by atoms with Crippen molar-refractivity contribution in [3.63, 3.8) is 0 Å². The largest absolute Gasteiger partial charge is 0.497 e. The van der Waals surface area contributed by atoms with Crippen LogP contribution in [0.15, 0.2) is 48.5 Å². The molecular formula is C25H34N2O3S. The van der Waals surface area contributed by atoms with E-state index in [9.17, 15) is 9.59 Å².